The lowest BCUT2D eigenvalue weighted by Gasteiger charge is -2.23. The molecular weight excluding hydrogens is 236 g/mol. The van der Waals surface area contributed by atoms with E-state index in [2.05, 4.69) is 0 Å². The first-order valence-electron chi connectivity index (χ1n) is 6.43. The summed E-state index contributed by atoms with van der Waals surface area (Å²) >= 11 is 0. The summed E-state index contributed by atoms with van der Waals surface area (Å²) in [4.78, 5) is 23.0. The molecule has 0 spiro atoms. The maximum absolute atomic E-state index is 11.5. The molecule has 2 fully saturated rings. The summed E-state index contributed by atoms with van der Waals surface area (Å²) in [7, 11) is 0. The number of rotatable bonds is 0. The van der Waals surface area contributed by atoms with Crippen molar-refractivity contribution >= 4 is 11.9 Å². The highest BCUT2D eigenvalue weighted by Crippen LogP contribution is 2.31. The molecule has 0 unspecified atom stereocenters. The Balaban J connectivity index is 1.91. The second kappa shape index (κ2) is 5.26. The summed E-state index contributed by atoms with van der Waals surface area (Å²) in [5.74, 6) is -0.411. The summed E-state index contributed by atoms with van der Waals surface area (Å²) < 4.78 is 15.8. The molecule has 5 nitrogen and oxygen atoms in total. The number of hydrogen-bond acceptors (Lipinski definition) is 5. The van der Waals surface area contributed by atoms with Gasteiger partial charge in [-0.3, -0.25) is 9.59 Å². The highest BCUT2D eigenvalue weighted by Gasteiger charge is 2.39. The Kier molecular flexibility index (Phi) is 3.90. The number of ether oxygens (including phenoxy) is 3. The largest absolute Gasteiger partial charge is 0.465 e. The van der Waals surface area contributed by atoms with Crippen molar-refractivity contribution < 1.29 is 23.8 Å². The van der Waals surface area contributed by atoms with Gasteiger partial charge in [0.1, 0.15) is 0 Å². The standard InChI is InChI=1S/C13H20O5/c1-13(2)7-16-11(14)5-3-9-10(18-9)4-6-12(15)17-8-13/h9-10H,3-8H2,1-2H3/t9-,10-/m0/s1. The zero-order valence-electron chi connectivity index (χ0n) is 10.9. The molecule has 2 atom stereocenters. The predicted molar refractivity (Wildman–Crippen MR) is 62.8 cm³/mol. The van der Waals surface area contributed by atoms with E-state index in [0.717, 1.165) is 0 Å². The first-order valence-corrected chi connectivity index (χ1v) is 6.43. The molecule has 2 heterocycles. The molecule has 0 radical (unpaired) electrons. The number of cyclic esters (lactones) is 2. The van der Waals surface area contributed by atoms with E-state index in [4.69, 9.17) is 14.2 Å². The van der Waals surface area contributed by atoms with E-state index < -0.39 is 0 Å². The molecule has 5 heteroatoms. The van der Waals surface area contributed by atoms with Crippen LogP contribution in [0.15, 0.2) is 0 Å². The van der Waals surface area contributed by atoms with Gasteiger partial charge in [-0.1, -0.05) is 13.8 Å². The van der Waals surface area contributed by atoms with Crippen molar-refractivity contribution in [2.75, 3.05) is 13.2 Å². The van der Waals surface area contributed by atoms with Gasteiger partial charge in [0.05, 0.1) is 25.4 Å². The average Bonchev–Trinajstić information content (AvgIpc) is 3.07. The van der Waals surface area contributed by atoms with Crippen LogP contribution in [0.5, 0.6) is 0 Å². The van der Waals surface area contributed by atoms with E-state index in [1.165, 1.54) is 0 Å². The van der Waals surface area contributed by atoms with Crippen LogP contribution in [0.2, 0.25) is 0 Å². The normalized spacial score (nSPS) is 33.0. The van der Waals surface area contributed by atoms with Crippen molar-refractivity contribution in [3.63, 3.8) is 0 Å². The van der Waals surface area contributed by atoms with Gasteiger partial charge >= 0.3 is 11.9 Å². The highest BCUT2D eigenvalue weighted by molar-refractivity contribution is 5.70. The lowest BCUT2D eigenvalue weighted by Crippen LogP contribution is -2.28. The SMILES string of the molecule is CC1(C)COC(=O)CC[C@@H]2O[C@H]2CCC(=O)OC1. The molecule has 2 rings (SSSR count). The van der Waals surface area contributed by atoms with E-state index in [-0.39, 0.29) is 42.8 Å². The summed E-state index contributed by atoms with van der Waals surface area (Å²) in [6.07, 6.45) is 2.34. The third-order valence-electron chi connectivity index (χ3n) is 3.20. The Morgan fingerprint density at radius 2 is 1.39 bits per heavy atom. The van der Waals surface area contributed by atoms with Crippen LogP contribution in [0.4, 0.5) is 0 Å². The first kappa shape index (κ1) is 13.3. The zero-order valence-corrected chi connectivity index (χ0v) is 10.9. The highest BCUT2D eigenvalue weighted by atomic mass is 16.6. The van der Waals surface area contributed by atoms with Crippen LogP contribution in [0, 0.1) is 5.41 Å². The second-order valence-corrected chi connectivity index (χ2v) is 5.78. The number of carbonyl (C=O) groups excluding carboxylic acids is 2. The molecule has 102 valence electrons. The van der Waals surface area contributed by atoms with Gasteiger partial charge in [-0.05, 0) is 12.8 Å². The van der Waals surface area contributed by atoms with Crippen LogP contribution in [0.1, 0.15) is 39.5 Å². The Labute approximate surface area is 107 Å². The molecule has 0 amide bonds. The van der Waals surface area contributed by atoms with Crippen LogP contribution in [-0.4, -0.2) is 37.4 Å². The lowest BCUT2D eigenvalue weighted by atomic mass is 9.96. The fraction of sp³-hybridized carbons (Fsp3) is 0.846. The molecule has 2 aliphatic heterocycles. The smallest absolute Gasteiger partial charge is 0.305 e. The minimum atomic E-state index is -0.335. The van der Waals surface area contributed by atoms with Gasteiger partial charge in [-0.2, -0.15) is 0 Å². The Morgan fingerprint density at radius 1 is 0.944 bits per heavy atom. The minimum absolute atomic E-state index is 0.110. The third-order valence-corrected chi connectivity index (χ3v) is 3.20. The molecule has 0 aromatic carbocycles. The minimum Gasteiger partial charge on any atom is -0.465 e. The summed E-state index contributed by atoms with van der Waals surface area (Å²) in [6.45, 7) is 4.36. The van der Waals surface area contributed by atoms with Crippen molar-refractivity contribution in [1.29, 1.82) is 0 Å². The van der Waals surface area contributed by atoms with Gasteiger partial charge < -0.3 is 14.2 Å². The molecule has 0 bridgehead atoms. The van der Waals surface area contributed by atoms with E-state index in [1.54, 1.807) is 0 Å². The van der Waals surface area contributed by atoms with Crippen LogP contribution in [-0.2, 0) is 23.8 Å². The molecule has 18 heavy (non-hydrogen) atoms. The van der Waals surface area contributed by atoms with Crippen molar-refractivity contribution in [2.24, 2.45) is 5.41 Å². The maximum atomic E-state index is 11.5. The monoisotopic (exact) mass is 256 g/mol. The molecule has 0 aromatic rings. The predicted octanol–water partition coefficient (Wildman–Crippen LogP) is 1.44. The summed E-state index contributed by atoms with van der Waals surface area (Å²) in [6, 6.07) is 0. The zero-order chi connectivity index (χ0) is 13.2. The van der Waals surface area contributed by atoms with Crippen molar-refractivity contribution in [2.45, 2.75) is 51.7 Å². The Morgan fingerprint density at radius 3 is 1.83 bits per heavy atom. The van der Waals surface area contributed by atoms with E-state index in [9.17, 15) is 9.59 Å². The lowest BCUT2D eigenvalue weighted by molar-refractivity contribution is -0.152. The summed E-state index contributed by atoms with van der Waals surface area (Å²) in [5, 5.41) is 0. The number of carbonyl (C=O) groups is 2. The van der Waals surface area contributed by atoms with Crippen molar-refractivity contribution in [3.05, 3.63) is 0 Å². The Hall–Kier alpha value is -1.10. The first-order chi connectivity index (χ1) is 8.46. The van der Waals surface area contributed by atoms with Crippen LogP contribution < -0.4 is 0 Å². The second-order valence-electron chi connectivity index (χ2n) is 5.78. The number of hydrogen-bond donors (Lipinski definition) is 0. The van der Waals surface area contributed by atoms with Gasteiger partial charge in [-0.15, -0.1) is 0 Å². The molecular formula is C13H20O5. The Bertz CT molecular complexity index is 306. The van der Waals surface area contributed by atoms with E-state index in [0.29, 0.717) is 25.7 Å². The van der Waals surface area contributed by atoms with Crippen LogP contribution >= 0.6 is 0 Å². The van der Waals surface area contributed by atoms with Gasteiger partial charge in [0.25, 0.3) is 0 Å². The third kappa shape index (κ3) is 3.98. The maximum Gasteiger partial charge on any atom is 0.305 e. The van der Waals surface area contributed by atoms with Gasteiger partial charge in [0, 0.05) is 18.3 Å². The fourth-order valence-corrected chi connectivity index (χ4v) is 1.94. The fourth-order valence-electron chi connectivity index (χ4n) is 1.94. The van der Waals surface area contributed by atoms with E-state index >= 15 is 0 Å². The number of epoxide rings is 1. The molecule has 2 saturated heterocycles. The molecule has 0 N–H and O–H groups in total. The number of esters is 2. The molecule has 0 aliphatic carbocycles. The van der Waals surface area contributed by atoms with Gasteiger partial charge in [0.15, 0.2) is 0 Å². The van der Waals surface area contributed by atoms with Gasteiger partial charge in [0.2, 0.25) is 0 Å². The van der Waals surface area contributed by atoms with Crippen LogP contribution in [0.25, 0.3) is 0 Å². The number of fused-ring (bicyclic) bond motifs is 1. The molecule has 0 saturated carbocycles. The van der Waals surface area contributed by atoms with Crippen LogP contribution in [0.3, 0.4) is 0 Å². The quantitative estimate of drug-likeness (QED) is 0.484. The van der Waals surface area contributed by atoms with Crippen molar-refractivity contribution in [3.8, 4) is 0 Å². The summed E-state index contributed by atoms with van der Waals surface area (Å²) in [5.41, 5.74) is -0.335. The van der Waals surface area contributed by atoms with E-state index in [1.807, 2.05) is 13.8 Å². The molecule has 2 aliphatic rings. The van der Waals surface area contributed by atoms with Crippen molar-refractivity contribution in [1.82, 2.24) is 0 Å². The van der Waals surface area contributed by atoms with Gasteiger partial charge in [-0.25, -0.2) is 0 Å². The molecule has 0 aromatic heterocycles. The topological polar surface area (TPSA) is 65.1 Å². The average molecular weight is 256 g/mol.